The molecule has 1 aliphatic carbocycles. The Morgan fingerprint density at radius 2 is 1.63 bits per heavy atom. The Kier molecular flexibility index (Phi) is 4.50. The number of hydrogen-bond acceptors (Lipinski definition) is 1. The van der Waals surface area contributed by atoms with Gasteiger partial charge in [-0.05, 0) is 37.5 Å². The highest BCUT2D eigenvalue weighted by Crippen LogP contribution is 2.30. The van der Waals surface area contributed by atoms with Crippen LogP contribution in [0.2, 0.25) is 0 Å². The lowest BCUT2D eigenvalue weighted by molar-refractivity contribution is -0.137. The van der Waals surface area contributed by atoms with E-state index in [-0.39, 0.29) is 6.04 Å². The Morgan fingerprint density at radius 1 is 1.05 bits per heavy atom. The van der Waals surface area contributed by atoms with Crippen molar-refractivity contribution in [1.29, 1.82) is 0 Å². The van der Waals surface area contributed by atoms with Gasteiger partial charge in [0.1, 0.15) is 0 Å². The molecule has 1 saturated carbocycles. The van der Waals surface area contributed by atoms with E-state index in [1.54, 1.807) is 12.1 Å². The molecule has 0 saturated heterocycles. The summed E-state index contributed by atoms with van der Waals surface area (Å²) in [4.78, 5) is 0. The maximum atomic E-state index is 12.5. The van der Waals surface area contributed by atoms with Crippen LogP contribution in [0.4, 0.5) is 13.2 Å². The Morgan fingerprint density at radius 3 is 2.16 bits per heavy atom. The van der Waals surface area contributed by atoms with E-state index in [9.17, 15) is 13.2 Å². The van der Waals surface area contributed by atoms with E-state index >= 15 is 0 Å². The van der Waals surface area contributed by atoms with E-state index in [2.05, 4.69) is 5.32 Å². The largest absolute Gasteiger partial charge is 0.416 e. The molecule has 1 N–H and O–H groups in total. The summed E-state index contributed by atoms with van der Waals surface area (Å²) < 4.78 is 37.4. The van der Waals surface area contributed by atoms with E-state index in [1.165, 1.54) is 32.1 Å². The van der Waals surface area contributed by atoms with Crippen LogP contribution in [0.5, 0.6) is 0 Å². The van der Waals surface area contributed by atoms with Crippen molar-refractivity contribution in [2.75, 3.05) is 0 Å². The van der Waals surface area contributed by atoms with Crippen LogP contribution in [0.25, 0.3) is 0 Å². The zero-order chi connectivity index (χ0) is 13.9. The van der Waals surface area contributed by atoms with Crippen LogP contribution >= 0.6 is 0 Å². The average Bonchev–Trinajstić information content (AvgIpc) is 2.39. The van der Waals surface area contributed by atoms with Crippen LogP contribution in [-0.2, 0) is 6.18 Å². The van der Waals surface area contributed by atoms with E-state index < -0.39 is 11.7 Å². The molecule has 0 bridgehead atoms. The minimum Gasteiger partial charge on any atom is -0.307 e. The highest BCUT2D eigenvalue weighted by Gasteiger charge is 2.30. The average molecular weight is 271 g/mol. The minimum atomic E-state index is -4.25. The summed E-state index contributed by atoms with van der Waals surface area (Å²) in [5.41, 5.74) is 0.333. The third-order valence-corrected chi connectivity index (χ3v) is 3.83. The smallest absolute Gasteiger partial charge is 0.307 e. The summed E-state index contributed by atoms with van der Waals surface area (Å²) in [5, 5.41) is 3.51. The molecule has 1 atom stereocenters. The van der Waals surface area contributed by atoms with Gasteiger partial charge in [-0.3, -0.25) is 0 Å². The second kappa shape index (κ2) is 5.95. The van der Waals surface area contributed by atoms with Crippen molar-refractivity contribution >= 4 is 0 Å². The zero-order valence-electron chi connectivity index (χ0n) is 11.1. The topological polar surface area (TPSA) is 12.0 Å². The number of rotatable bonds is 3. The van der Waals surface area contributed by atoms with Gasteiger partial charge in [-0.15, -0.1) is 0 Å². The van der Waals surface area contributed by atoms with Gasteiger partial charge in [-0.1, -0.05) is 31.4 Å². The van der Waals surface area contributed by atoms with Gasteiger partial charge in [0, 0.05) is 12.1 Å². The van der Waals surface area contributed by atoms with Crippen LogP contribution in [0.1, 0.15) is 56.2 Å². The monoisotopic (exact) mass is 271 g/mol. The highest BCUT2D eigenvalue weighted by atomic mass is 19.4. The summed E-state index contributed by atoms with van der Waals surface area (Å²) >= 11 is 0. The molecule has 0 heterocycles. The molecule has 0 amide bonds. The van der Waals surface area contributed by atoms with E-state index in [1.807, 2.05) is 6.92 Å². The molecule has 1 aromatic carbocycles. The van der Waals surface area contributed by atoms with Crippen molar-refractivity contribution in [3.63, 3.8) is 0 Å². The van der Waals surface area contributed by atoms with E-state index in [0.29, 0.717) is 6.04 Å². The molecule has 0 spiro atoms. The Balaban J connectivity index is 1.97. The first kappa shape index (κ1) is 14.4. The normalized spacial score (nSPS) is 19.4. The molecule has 1 nitrogen and oxygen atoms in total. The first-order chi connectivity index (χ1) is 8.97. The zero-order valence-corrected chi connectivity index (χ0v) is 11.1. The molecule has 1 unspecified atom stereocenters. The first-order valence-electron chi connectivity index (χ1n) is 6.90. The van der Waals surface area contributed by atoms with Gasteiger partial charge >= 0.3 is 6.18 Å². The first-order valence-corrected chi connectivity index (χ1v) is 6.90. The number of hydrogen-bond donors (Lipinski definition) is 1. The van der Waals surface area contributed by atoms with E-state index in [4.69, 9.17) is 0 Å². The van der Waals surface area contributed by atoms with Crippen LogP contribution in [0.15, 0.2) is 24.3 Å². The number of benzene rings is 1. The molecule has 0 aliphatic heterocycles. The fourth-order valence-electron chi connectivity index (χ4n) is 2.68. The van der Waals surface area contributed by atoms with Gasteiger partial charge in [0.15, 0.2) is 0 Å². The van der Waals surface area contributed by atoms with Gasteiger partial charge < -0.3 is 5.32 Å². The molecule has 1 aromatic rings. The third-order valence-electron chi connectivity index (χ3n) is 3.83. The summed E-state index contributed by atoms with van der Waals surface area (Å²) in [7, 11) is 0. The quantitative estimate of drug-likeness (QED) is 0.841. The number of alkyl halides is 3. The van der Waals surface area contributed by atoms with Crippen LogP contribution in [0, 0.1) is 0 Å². The van der Waals surface area contributed by atoms with Gasteiger partial charge in [-0.25, -0.2) is 0 Å². The molecule has 1 aliphatic rings. The molecule has 0 radical (unpaired) electrons. The molecule has 1 fully saturated rings. The third kappa shape index (κ3) is 3.96. The van der Waals surface area contributed by atoms with Crippen molar-refractivity contribution in [2.24, 2.45) is 0 Å². The molecule has 19 heavy (non-hydrogen) atoms. The minimum absolute atomic E-state index is 0.102. The van der Waals surface area contributed by atoms with Crippen molar-refractivity contribution in [1.82, 2.24) is 5.32 Å². The summed E-state index contributed by atoms with van der Waals surface area (Å²) in [6, 6.07) is 6.08. The van der Waals surface area contributed by atoms with Crippen LogP contribution in [-0.4, -0.2) is 6.04 Å². The second-order valence-corrected chi connectivity index (χ2v) is 5.34. The molecule has 106 valence electrons. The molecule has 4 heteroatoms. The van der Waals surface area contributed by atoms with Gasteiger partial charge in [-0.2, -0.15) is 13.2 Å². The number of halogens is 3. The lowest BCUT2D eigenvalue weighted by Crippen LogP contribution is -2.33. The summed E-state index contributed by atoms with van der Waals surface area (Å²) in [5.74, 6) is 0. The SMILES string of the molecule is CC(NC1CCCCC1)c1ccc(C(F)(F)F)cc1. The lowest BCUT2D eigenvalue weighted by atomic mass is 9.94. The van der Waals surface area contributed by atoms with Crippen molar-refractivity contribution < 1.29 is 13.2 Å². The fourth-order valence-corrected chi connectivity index (χ4v) is 2.68. The van der Waals surface area contributed by atoms with Gasteiger partial charge in [0.2, 0.25) is 0 Å². The maximum absolute atomic E-state index is 12.5. The van der Waals surface area contributed by atoms with Crippen molar-refractivity contribution in [2.45, 2.75) is 57.3 Å². The van der Waals surface area contributed by atoms with Crippen LogP contribution in [0.3, 0.4) is 0 Å². The molecule has 2 rings (SSSR count). The Hall–Kier alpha value is -1.03. The van der Waals surface area contributed by atoms with Crippen molar-refractivity contribution in [3.05, 3.63) is 35.4 Å². The lowest BCUT2D eigenvalue weighted by Gasteiger charge is -2.27. The summed E-state index contributed by atoms with van der Waals surface area (Å²) in [6.07, 6.45) is 1.89. The number of nitrogens with one attached hydrogen (secondary N) is 1. The predicted molar refractivity (Wildman–Crippen MR) is 69.9 cm³/mol. The Bertz CT molecular complexity index is 391. The van der Waals surface area contributed by atoms with Gasteiger partial charge in [0.25, 0.3) is 0 Å². The van der Waals surface area contributed by atoms with Gasteiger partial charge in [0.05, 0.1) is 5.56 Å². The maximum Gasteiger partial charge on any atom is 0.416 e. The fraction of sp³-hybridized carbons (Fsp3) is 0.600. The van der Waals surface area contributed by atoms with Crippen molar-refractivity contribution in [3.8, 4) is 0 Å². The molecular formula is C15H20F3N. The summed E-state index contributed by atoms with van der Waals surface area (Å²) in [6.45, 7) is 2.01. The Labute approximate surface area is 112 Å². The predicted octanol–water partition coefficient (Wildman–Crippen LogP) is 4.69. The highest BCUT2D eigenvalue weighted by molar-refractivity contribution is 5.26. The molecular weight excluding hydrogens is 251 g/mol. The standard InChI is InChI=1S/C15H20F3N/c1-11(19-14-5-3-2-4-6-14)12-7-9-13(10-8-12)15(16,17)18/h7-11,14,19H,2-6H2,1H3. The van der Waals surface area contributed by atoms with Crippen LogP contribution < -0.4 is 5.32 Å². The second-order valence-electron chi connectivity index (χ2n) is 5.34. The molecule has 0 aromatic heterocycles. The van der Waals surface area contributed by atoms with E-state index in [0.717, 1.165) is 17.7 Å².